The van der Waals surface area contributed by atoms with Gasteiger partial charge in [0.2, 0.25) is 0 Å². The van der Waals surface area contributed by atoms with Crippen LogP contribution >= 0.6 is 0 Å². The van der Waals surface area contributed by atoms with Crippen LogP contribution in [0.1, 0.15) is 27.7 Å². The van der Waals surface area contributed by atoms with Gasteiger partial charge in [-0.2, -0.15) is 0 Å². The van der Waals surface area contributed by atoms with Crippen molar-refractivity contribution in [3.63, 3.8) is 0 Å². The first-order valence-electron chi connectivity index (χ1n) is 8.70. The second-order valence-corrected chi connectivity index (χ2v) is 16.0. The third-order valence-electron chi connectivity index (χ3n) is 4.79. The Bertz CT molecular complexity index is 316. The minimum atomic E-state index is -1.45. The summed E-state index contributed by atoms with van der Waals surface area (Å²) in [5, 5.41) is 0. The second-order valence-electron chi connectivity index (χ2n) is 8.41. The smallest absolute Gasteiger partial charge is 0.187 e. The van der Waals surface area contributed by atoms with Crippen molar-refractivity contribution < 1.29 is 4.43 Å². The highest BCUT2D eigenvalue weighted by Gasteiger charge is 2.35. The number of nitrogens with zero attached hydrogens (tertiary/aromatic N) is 2. The molecule has 21 heavy (non-hydrogen) atoms. The predicted octanol–water partition coefficient (Wildman–Crippen LogP) is 3.04. The lowest BCUT2D eigenvalue weighted by molar-refractivity contribution is 0.0485. The van der Waals surface area contributed by atoms with E-state index < -0.39 is 17.1 Å². The highest BCUT2D eigenvalue weighted by Crippen LogP contribution is 2.22. The van der Waals surface area contributed by atoms with E-state index in [-0.39, 0.29) is 0 Å². The number of hydrogen-bond donors (Lipinski definition) is 0. The van der Waals surface area contributed by atoms with Crippen molar-refractivity contribution in [1.82, 2.24) is 9.80 Å². The van der Waals surface area contributed by atoms with Crippen LogP contribution in [-0.2, 0) is 4.43 Å². The molecule has 0 N–H and O–H groups in total. The zero-order valence-corrected chi connectivity index (χ0v) is 17.9. The molecule has 1 unspecified atom stereocenters. The zero-order chi connectivity index (χ0) is 16.3. The van der Waals surface area contributed by atoms with Gasteiger partial charge in [-0.05, 0) is 53.4 Å². The fraction of sp³-hybridized carbons (Fsp3) is 1.00. The fourth-order valence-electron chi connectivity index (χ4n) is 3.24. The first-order chi connectivity index (χ1) is 9.57. The van der Waals surface area contributed by atoms with Crippen molar-refractivity contribution in [2.24, 2.45) is 0 Å². The topological polar surface area (TPSA) is 15.7 Å². The van der Waals surface area contributed by atoms with Crippen LogP contribution in [0, 0.1) is 0 Å². The van der Waals surface area contributed by atoms with Gasteiger partial charge in [0.25, 0.3) is 0 Å². The van der Waals surface area contributed by atoms with Crippen LogP contribution in [0.5, 0.6) is 0 Å². The average molecular weight is 331 g/mol. The molecule has 0 amide bonds. The first kappa shape index (κ1) is 19.4. The van der Waals surface area contributed by atoms with E-state index in [9.17, 15) is 0 Å². The number of rotatable bonds is 6. The van der Waals surface area contributed by atoms with Gasteiger partial charge in [0.15, 0.2) is 8.32 Å². The largest absolute Gasteiger partial charge is 0.418 e. The van der Waals surface area contributed by atoms with Gasteiger partial charge in [-0.1, -0.05) is 13.1 Å². The Morgan fingerprint density at radius 1 is 1.19 bits per heavy atom. The van der Waals surface area contributed by atoms with Crippen LogP contribution < -0.4 is 0 Å². The Kier molecular flexibility index (Phi) is 7.12. The Morgan fingerprint density at radius 3 is 2.29 bits per heavy atom. The molecule has 1 rings (SSSR count). The molecular weight excluding hydrogens is 292 g/mol. The molecule has 0 aromatic carbocycles. The Balaban J connectivity index is 2.62. The van der Waals surface area contributed by atoms with Crippen molar-refractivity contribution in [3.05, 3.63) is 0 Å². The summed E-state index contributed by atoms with van der Waals surface area (Å²) in [6, 6.07) is 1.27. The Hall–Kier alpha value is 0.314. The van der Waals surface area contributed by atoms with Crippen molar-refractivity contribution in [1.29, 1.82) is 0 Å². The summed E-state index contributed by atoms with van der Waals surface area (Å²) in [6.07, 6.45) is 0. The maximum absolute atomic E-state index is 6.00. The van der Waals surface area contributed by atoms with Crippen LogP contribution in [0.15, 0.2) is 0 Å². The summed E-state index contributed by atoms with van der Waals surface area (Å²) in [6.45, 7) is 24.8. The molecule has 1 atom stereocenters. The molecule has 1 saturated heterocycles. The molecule has 1 fully saturated rings. The zero-order valence-electron chi connectivity index (χ0n) is 15.7. The normalized spacial score (nSPS) is 23.0. The van der Waals surface area contributed by atoms with Gasteiger partial charge in [-0.3, -0.25) is 4.90 Å². The van der Waals surface area contributed by atoms with Crippen LogP contribution in [0.3, 0.4) is 0 Å². The number of hydrogen-bond acceptors (Lipinski definition) is 3. The summed E-state index contributed by atoms with van der Waals surface area (Å²) in [7, 11) is -2.11. The van der Waals surface area contributed by atoms with Crippen molar-refractivity contribution in [2.45, 2.75) is 71.1 Å². The highest BCUT2D eigenvalue weighted by molar-refractivity contribution is 6.71. The van der Waals surface area contributed by atoms with Crippen molar-refractivity contribution >= 4 is 17.1 Å². The van der Waals surface area contributed by atoms with Crippen LogP contribution in [0.4, 0.5) is 0 Å². The van der Waals surface area contributed by atoms with E-state index in [1.54, 1.807) is 0 Å². The van der Waals surface area contributed by atoms with E-state index >= 15 is 0 Å². The molecule has 0 aliphatic carbocycles. The molecule has 0 aromatic rings. The third kappa shape index (κ3) is 6.14. The van der Waals surface area contributed by atoms with Crippen molar-refractivity contribution in [2.75, 3.05) is 32.8 Å². The SMILES string of the molecule is CCO[Si](C)(C)CCN1CCN(C(C)(C)C)CC1[SiH](C)C. The summed E-state index contributed by atoms with van der Waals surface area (Å²) >= 11 is 0. The fourth-order valence-corrected chi connectivity index (χ4v) is 6.81. The Morgan fingerprint density at radius 2 is 1.81 bits per heavy atom. The summed E-state index contributed by atoms with van der Waals surface area (Å²) in [4.78, 5) is 5.47. The van der Waals surface area contributed by atoms with Gasteiger partial charge in [0.05, 0.1) is 8.80 Å². The lowest BCUT2D eigenvalue weighted by Crippen LogP contribution is -2.62. The van der Waals surface area contributed by atoms with Crippen molar-refractivity contribution in [3.8, 4) is 0 Å². The second kappa shape index (κ2) is 7.73. The van der Waals surface area contributed by atoms with E-state index in [0.717, 1.165) is 12.3 Å². The molecule has 0 bridgehead atoms. The lowest BCUT2D eigenvalue weighted by atomic mass is 10.0. The minimum absolute atomic E-state index is 0.312. The molecule has 0 saturated carbocycles. The molecule has 0 radical (unpaired) electrons. The standard InChI is InChI=1S/C16H38N2OSi2/c1-9-19-21(7,8)13-12-17-10-11-18(16(2,3)4)14-15(17)20(5)6/h15,20H,9-14H2,1-8H3. The van der Waals surface area contributed by atoms with Gasteiger partial charge < -0.3 is 9.33 Å². The molecule has 1 aliphatic rings. The molecule has 5 heteroatoms. The summed E-state index contributed by atoms with van der Waals surface area (Å²) in [5.74, 6) is 0. The Labute approximate surface area is 135 Å². The van der Waals surface area contributed by atoms with Crippen LogP contribution in [0.2, 0.25) is 32.2 Å². The molecule has 1 aliphatic heterocycles. The number of piperazine rings is 1. The van der Waals surface area contributed by atoms with Gasteiger partial charge in [-0.25, -0.2) is 0 Å². The minimum Gasteiger partial charge on any atom is -0.418 e. The monoisotopic (exact) mass is 330 g/mol. The predicted molar refractivity (Wildman–Crippen MR) is 99.5 cm³/mol. The van der Waals surface area contributed by atoms with Gasteiger partial charge in [0.1, 0.15) is 0 Å². The van der Waals surface area contributed by atoms with Gasteiger partial charge >= 0.3 is 0 Å². The van der Waals surface area contributed by atoms with Crippen LogP contribution in [-0.4, -0.2) is 70.9 Å². The van der Waals surface area contributed by atoms with Gasteiger partial charge in [-0.15, -0.1) is 0 Å². The molecular formula is C16H38N2OSi2. The third-order valence-corrected chi connectivity index (χ3v) is 9.46. The lowest BCUT2D eigenvalue weighted by Gasteiger charge is -2.48. The molecule has 3 nitrogen and oxygen atoms in total. The van der Waals surface area contributed by atoms with Gasteiger partial charge in [0, 0.05) is 37.4 Å². The van der Waals surface area contributed by atoms with E-state index in [1.807, 2.05) is 0 Å². The van der Waals surface area contributed by atoms with E-state index in [1.165, 1.54) is 32.2 Å². The average Bonchev–Trinajstić information content (AvgIpc) is 2.35. The van der Waals surface area contributed by atoms with Crippen LogP contribution in [0.25, 0.3) is 0 Å². The summed E-state index contributed by atoms with van der Waals surface area (Å²) < 4.78 is 6.00. The maximum Gasteiger partial charge on any atom is 0.187 e. The summed E-state index contributed by atoms with van der Waals surface area (Å²) in [5.41, 5.74) is 1.14. The van der Waals surface area contributed by atoms with E-state index in [4.69, 9.17) is 4.43 Å². The maximum atomic E-state index is 6.00. The quantitative estimate of drug-likeness (QED) is 0.696. The van der Waals surface area contributed by atoms with E-state index in [2.05, 4.69) is 63.7 Å². The molecule has 1 heterocycles. The first-order valence-corrected chi connectivity index (χ1v) is 14.8. The molecule has 0 aromatic heterocycles. The molecule has 126 valence electrons. The highest BCUT2D eigenvalue weighted by atomic mass is 28.4. The van der Waals surface area contributed by atoms with E-state index in [0.29, 0.717) is 5.54 Å². The molecule has 0 spiro atoms.